The van der Waals surface area contributed by atoms with Gasteiger partial charge < -0.3 is 9.64 Å². The summed E-state index contributed by atoms with van der Waals surface area (Å²) in [5.74, 6) is 1.19. The first kappa shape index (κ1) is 10.9. The lowest BCUT2D eigenvalue weighted by Crippen LogP contribution is -2.43. The van der Waals surface area contributed by atoms with Gasteiger partial charge in [-0.15, -0.1) is 0 Å². The first-order valence-electron chi connectivity index (χ1n) is 4.66. The number of methoxy groups -OCH3 is 1. The molecule has 0 bridgehead atoms. The molecular weight excluding hydrogens is 186 g/mol. The van der Waals surface area contributed by atoms with Crippen molar-refractivity contribution in [2.45, 2.75) is 18.6 Å². The van der Waals surface area contributed by atoms with Crippen molar-refractivity contribution in [2.24, 2.45) is 0 Å². The van der Waals surface area contributed by atoms with Gasteiger partial charge in [0.15, 0.2) is 0 Å². The van der Waals surface area contributed by atoms with Gasteiger partial charge >= 0.3 is 0 Å². The van der Waals surface area contributed by atoms with Crippen LogP contribution in [0.4, 0.5) is 0 Å². The topological polar surface area (TPSA) is 29.5 Å². The van der Waals surface area contributed by atoms with Gasteiger partial charge in [-0.3, -0.25) is 4.79 Å². The van der Waals surface area contributed by atoms with Crippen LogP contribution in [0.15, 0.2) is 0 Å². The standard InChI is InChI=1S/C9H17NO2S/c1-3-8-6-10(4-5-13-8)9(11)7-12-2/h8H,3-7H2,1-2H3. The summed E-state index contributed by atoms with van der Waals surface area (Å²) in [5, 5.41) is 0.620. The second-order valence-corrected chi connectivity index (χ2v) is 4.58. The van der Waals surface area contributed by atoms with Crippen molar-refractivity contribution < 1.29 is 9.53 Å². The third-order valence-corrected chi connectivity index (χ3v) is 3.59. The first-order chi connectivity index (χ1) is 6.27. The number of hydrogen-bond acceptors (Lipinski definition) is 3. The molecule has 1 rings (SSSR count). The Morgan fingerprint density at radius 1 is 1.69 bits per heavy atom. The largest absolute Gasteiger partial charge is 0.375 e. The molecule has 76 valence electrons. The van der Waals surface area contributed by atoms with Crippen LogP contribution in [-0.4, -0.2) is 48.6 Å². The van der Waals surface area contributed by atoms with Gasteiger partial charge in [0.05, 0.1) is 0 Å². The summed E-state index contributed by atoms with van der Waals surface area (Å²) in [5.41, 5.74) is 0. The summed E-state index contributed by atoms with van der Waals surface area (Å²) in [6, 6.07) is 0. The number of ether oxygens (including phenoxy) is 1. The maximum absolute atomic E-state index is 11.5. The summed E-state index contributed by atoms with van der Waals surface area (Å²) < 4.78 is 4.83. The number of thioether (sulfide) groups is 1. The molecule has 0 spiro atoms. The third kappa shape index (κ3) is 3.19. The molecule has 0 aromatic carbocycles. The summed E-state index contributed by atoms with van der Waals surface area (Å²) in [7, 11) is 1.56. The van der Waals surface area contributed by atoms with Crippen LogP contribution < -0.4 is 0 Å². The number of amides is 1. The third-order valence-electron chi connectivity index (χ3n) is 2.21. The highest BCUT2D eigenvalue weighted by Gasteiger charge is 2.22. The van der Waals surface area contributed by atoms with Gasteiger partial charge in [-0.05, 0) is 6.42 Å². The van der Waals surface area contributed by atoms with Gasteiger partial charge in [0.1, 0.15) is 6.61 Å². The molecule has 0 aromatic heterocycles. The zero-order chi connectivity index (χ0) is 9.68. The van der Waals surface area contributed by atoms with Crippen molar-refractivity contribution in [3.8, 4) is 0 Å². The lowest BCUT2D eigenvalue weighted by molar-refractivity contribution is -0.135. The van der Waals surface area contributed by atoms with Crippen LogP contribution in [-0.2, 0) is 9.53 Å². The summed E-state index contributed by atoms with van der Waals surface area (Å²) in [6.07, 6.45) is 1.14. The average molecular weight is 203 g/mol. The van der Waals surface area contributed by atoms with E-state index in [9.17, 15) is 4.79 Å². The van der Waals surface area contributed by atoms with Gasteiger partial charge in [-0.25, -0.2) is 0 Å². The molecule has 0 radical (unpaired) electrons. The molecule has 1 aliphatic rings. The number of hydrogen-bond donors (Lipinski definition) is 0. The Morgan fingerprint density at radius 3 is 3.08 bits per heavy atom. The fourth-order valence-corrected chi connectivity index (χ4v) is 2.59. The molecule has 1 fully saturated rings. The van der Waals surface area contributed by atoms with E-state index in [1.54, 1.807) is 7.11 Å². The molecule has 0 saturated carbocycles. The smallest absolute Gasteiger partial charge is 0.248 e. The molecule has 1 atom stereocenters. The Hall–Kier alpha value is -0.220. The maximum Gasteiger partial charge on any atom is 0.248 e. The van der Waals surface area contributed by atoms with E-state index < -0.39 is 0 Å². The Bertz CT molecular complexity index is 175. The normalized spacial score (nSPS) is 23.2. The van der Waals surface area contributed by atoms with E-state index in [0.29, 0.717) is 5.25 Å². The number of carbonyl (C=O) groups excluding carboxylic acids is 1. The summed E-state index contributed by atoms with van der Waals surface area (Å²) in [4.78, 5) is 13.4. The fraction of sp³-hybridized carbons (Fsp3) is 0.889. The maximum atomic E-state index is 11.5. The van der Waals surface area contributed by atoms with E-state index in [0.717, 1.165) is 25.3 Å². The SMILES string of the molecule is CCC1CN(C(=O)COC)CCS1. The Balaban J connectivity index is 2.37. The van der Waals surface area contributed by atoms with E-state index >= 15 is 0 Å². The molecular formula is C9H17NO2S. The highest BCUT2D eigenvalue weighted by Crippen LogP contribution is 2.20. The van der Waals surface area contributed by atoms with Crippen LogP contribution in [0.2, 0.25) is 0 Å². The van der Waals surface area contributed by atoms with Crippen molar-refractivity contribution in [1.29, 1.82) is 0 Å². The first-order valence-corrected chi connectivity index (χ1v) is 5.71. The van der Waals surface area contributed by atoms with Crippen LogP contribution >= 0.6 is 11.8 Å². The van der Waals surface area contributed by atoms with Crippen LogP contribution in [0.3, 0.4) is 0 Å². The van der Waals surface area contributed by atoms with Crippen molar-refractivity contribution >= 4 is 17.7 Å². The minimum absolute atomic E-state index is 0.126. The summed E-state index contributed by atoms with van der Waals surface area (Å²) in [6.45, 7) is 4.16. The van der Waals surface area contributed by atoms with Crippen molar-refractivity contribution in [3.63, 3.8) is 0 Å². The molecule has 1 heterocycles. The minimum atomic E-state index is 0.126. The second kappa shape index (κ2) is 5.50. The van der Waals surface area contributed by atoms with Gasteiger partial charge in [-0.2, -0.15) is 11.8 Å². The molecule has 1 aliphatic heterocycles. The van der Waals surface area contributed by atoms with E-state index in [1.807, 2.05) is 16.7 Å². The highest BCUT2D eigenvalue weighted by atomic mass is 32.2. The van der Waals surface area contributed by atoms with E-state index in [2.05, 4.69) is 6.92 Å². The molecule has 4 heteroatoms. The van der Waals surface area contributed by atoms with E-state index in [1.165, 1.54) is 0 Å². The van der Waals surface area contributed by atoms with E-state index in [4.69, 9.17) is 4.74 Å². The second-order valence-electron chi connectivity index (χ2n) is 3.17. The molecule has 3 nitrogen and oxygen atoms in total. The molecule has 1 amide bonds. The molecule has 0 N–H and O–H groups in total. The molecule has 0 aromatic rings. The quantitative estimate of drug-likeness (QED) is 0.685. The molecule has 13 heavy (non-hydrogen) atoms. The molecule has 1 saturated heterocycles. The van der Waals surface area contributed by atoms with Gasteiger partial charge in [0, 0.05) is 31.2 Å². The van der Waals surface area contributed by atoms with Crippen molar-refractivity contribution in [2.75, 3.05) is 32.6 Å². The lowest BCUT2D eigenvalue weighted by atomic mass is 10.3. The van der Waals surface area contributed by atoms with E-state index in [-0.39, 0.29) is 12.5 Å². The number of carbonyl (C=O) groups is 1. The number of nitrogens with zero attached hydrogens (tertiary/aromatic N) is 1. The van der Waals surface area contributed by atoms with Gasteiger partial charge in [-0.1, -0.05) is 6.92 Å². The lowest BCUT2D eigenvalue weighted by Gasteiger charge is -2.31. The Kier molecular flexibility index (Phi) is 4.59. The van der Waals surface area contributed by atoms with Gasteiger partial charge in [0.2, 0.25) is 5.91 Å². The van der Waals surface area contributed by atoms with Crippen molar-refractivity contribution in [3.05, 3.63) is 0 Å². The zero-order valence-electron chi connectivity index (χ0n) is 8.28. The highest BCUT2D eigenvalue weighted by molar-refractivity contribution is 8.00. The van der Waals surface area contributed by atoms with Crippen molar-refractivity contribution in [1.82, 2.24) is 4.90 Å². The van der Waals surface area contributed by atoms with Crippen LogP contribution in [0.5, 0.6) is 0 Å². The predicted octanol–water partition coefficient (Wildman–Crippen LogP) is 0.987. The van der Waals surface area contributed by atoms with Crippen LogP contribution in [0.25, 0.3) is 0 Å². The Labute approximate surface area is 83.8 Å². The summed E-state index contributed by atoms with van der Waals surface area (Å²) >= 11 is 1.97. The van der Waals surface area contributed by atoms with Gasteiger partial charge in [0.25, 0.3) is 0 Å². The monoisotopic (exact) mass is 203 g/mol. The Morgan fingerprint density at radius 2 is 2.46 bits per heavy atom. The predicted molar refractivity (Wildman–Crippen MR) is 55.0 cm³/mol. The van der Waals surface area contributed by atoms with Crippen LogP contribution in [0.1, 0.15) is 13.3 Å². The van der Waals surface area contributed by atoms with Crippen LogP contribution in [0, 0.1) is 0 Å². The molecule has 1 unspecified atom stereocenters. The average Bonchev–Trinajstić information content (AvgIpc) is 2.18. The fourth-order valence-electron chi connectivity index (χ4n) is 1.41. The zero-order valence-corrected chi connectivity index (χ0v) is 9.10. The minimum Gasteiger partial charge on any atom is -0.375 e. The molecule has 0 aliphatic carbocycles. The number of rotatable bonds is 3.